The zero-order valence-corrected chi connectivity index (χ0v) is 19.4. The normalized spacial score (nSPS) is 11.2. The molecule has 1 amide bonds. The van der Waals surface area contributed by atoms with Crippen LogP contribution in [0.25, 0.3) is 0 Å². The molecule has 32 heavy (non-hydrogen) atoms. The van der Waals surface area contributed by atoms with E-state index < -0.39 is 0 Å². The third-order valence-corrected chi connectivity index (χ3v) is 5.26. The maximum atomic E-state index is 12.7. The third-order valence-electron chi connectivity index (χ3n) is 5.26. The molecule has 166 valence electrons. The van der Waals surface area contributed by atoms with E-state index in [-0.39, 0.29) is 22.8 Å². The standard InChI is InChI=1S/C27H30N2O3/c1-18-6-7-20(16-24(18)27(2,3)4)15-21(30)14-19-8-10-22(11-9-19)32-23-12-13-29-25(17-23)26(31)28-5/h6-13,16-17H,14-15H2,1-5H3,(H,28,31). The Morgan fingerprint density at radius 1 is 0.906 bits per heavy atom. The number of hydrogen-bond acceptors (Lipinski definition) is 4. The number of aromatic nitrogens is 1. The first kappa shape index (κ1) is 23.2. The minimum Gasteiger partial charge on any atom is -0.457 e. The molecular weight excluding hydrogens is 400 g/mol. The predicted molar refractivity (Wildman–Crippen MR) is 126 cm³/mol. The molecule has 1 aromatic heterocycles. The summed E-state index contributed by atoms with van der Waals surface area (Å²) < 4.78 is 5.82. The highest BCUT2D eigenvalue weighted by atomic mass is 16.5. The van der Waals surface area contributed by atoms with Gasteiger partial charge in [0.2, 0.25) is 0 Å². The Kier molecular flexibility index (Phi) is 7.08. The van der Waals surface area contributed by atoms with E-state index in [0.717, 1.165) is 11.1 Å². The molecule has 0 saturated carbocycles. The van der Waals surface area contributed by atoms with Gasteiger partial charge in [-0.05, 0) is 52.8 Å². The molecule has 3 aromatic rings. The number of ether oxygens (including phenoxy) is 1. The number of rotatable bonds is 7. The van der Waals surface area contributed by atoms with Crippen LogP contribution in [0.5, 0.6) is 11.5 Å². The van der Waals surface area contributed by atoms with Crippen LogP contribution in [0.3, 0.4) is 0 Å². The van der Waals surface area contributed by atoms with E-state index in [2.05, 4.69) is 50.1 Å². The number of carbonyl (C=O) groups excluding carboxylic acids is 2. The average Bonchev–Trinajstić information content (AvgIpc) is 2.75. The minimum absolute atomic E-state index is 0.0505. The first-order valence-corrected chi connectivity index (χ1v) is 10.7. The van der Waals surface area contributed by atoms with Gasteiger partial charge in [-0.2, -0.15) is 0 Å². The minimum atomic E-state index is -0.271. The lowest BCUT2D eigenvalue weighted by Crippen LogP contribution is -2.18. The van der Waals surface area contributed by atoms with Gasteiger partial charge in [-0.3, -0.25) is 14.6 Å². The van der Waals surface area contributed by atoms with E-state index >= 15 is 0 Å². The zero-order chi connectivity index (χ0) is 23.3. The molecule has 5 heteroatoms. The molecule has 1 N–H and O–H groups in total. The molecule has 0 aliphatic rings. The summed E-state index contributed by atoms with van der Waals surface area (Å²) >= 11 is 0. The molecule has 0 unspecified atom stereocenters. The van der Waals surface area contributed by atoms with Gasteiger partial charge in [0.1, 0.15) is 23.0 Å². The highest BCUT2D eigenvalue weighted by Gasteiger charge is 2.17. The highest BCUT2D eigenvalue weighted by Crippen LogP contribution is 2.27. The summed E-state index contributed by atoms with van der Waals surface area (Å²) in [5.74, 6) is 1.05. The van der Waals surface area contributed by atoms with Crippen LogP contribution < -0.4 is 10.1 Å². The number of benzene rings is 2. The summed E-state index contributed by atoms with van der Waals surface area (Å²) in [5.41, 5.74) is 4.86. The molecule has 5 nitrogen and oxygen atoms in total. The topological polar surface area (TPSA) is 68.3 Å². The summed E-state index contributed by atoms with van der Waals surface area (Å²) in [6.07, 6.45) is 2.32. The van der Waals surface area contributed by atoms with Crippen LogP contribution in [-0.4, -0.2) is 23.7 Å². The SMILES string of the molecule is CNC(=O)c1cc(Oc2ccc(CC(=O)Cc3ccc(C)c(C(C)(C)C)c3)cc2)ccn1. The van der Waals surface area contributed by atoms with Gasteiger partial charge in [0, 0.05) is 32.2 Å². The van der Waals surface area contributed by atoms with E-state index in [0.29, 0.717) is 24.3 Å². The number of nitrogens with one attached hydrogen (secondary N) is 1. The maximum absolute atomic E-state index is 12.7. The zero-order valence-electron chi connectivity index (χ0n) is 19.4. The Morgan fingerprint density at radius 2 is 1.56 bits per heavy atom. The fourth-order valence-electron chi connectivity index (χ4n) is 3.64. The van der Waals surface area contributed by atoms with Crippen molar-refractivity contribution in [1.82, 2.24) is 10.3 Å². The van der Waals surface area contributed by atoms with E-state index in [1.807, 2.05) is 30.3 Å². The average molecular weight is 431 g/mol. The van der Waals surface area contributed by atoms with Crippen LogP contribution in [0.1, 0.15) is 53.5 Å². The molecule has 0 aliphatic carbocycles. The van der Waals surface area contributed by atoms with Gasteiger partial charge in [0.25, 0.3) is 5.91 Å². The smallest absolute Gasteiger partial charge is 0.269 e. The number of hydrogen-bond donors (Lipinski definition) is 1. The second kappa shape index (κ2) is 9.77. The van der Waals surface area contributed by atoms with Crippen molar-refractivity contribution in [3.05, 3.63) is 88.7 Å². The van der Waals surface area contributed by atoms with Crippen LogP contribution >= 0.6 is 0 Å². The molecule has 0 fully saturated rings. The molecule has 1 heterocycles. The van der Waals surface area contributed by atoms with Gasteiger partial charge < -0.3 is 10.1 Å². The van der Waals surface area contributed by atoms with Crippen LogP contribution in [0, 0.1) is 6.92 Å². The summed E-state index contributed by atoms with van der Waals surface area (Å²) in [6, 6.07) is 17.0. The molecular formula is C27H30N2O3. The van der Waals surface area contributed by atoms with Crippen molar-refractivity contribution >= 4 is 11.7 Å². The molecule has 2 aromatic carbocycles. The van der Waals surface area contributed by atoms with Crippen molar-refractivity contribution in [3.8, 4) is 11.5 Å². The molecule has 3 rings (SSSR count). The number of Topliss-reactive ketones (excluding diaryl/α,β-unsaturated/α-hetero) is 1. The largest absolute Gasteiger partial charge is 0.457 e. The second-order valence-electron chi connectivity index (χ2n) is 8.99. The number of nitrogens with zero attached hydrogens (tertiary/aromatic N) is 1. The maximum Gasteiger partial charge on any atom is 0.269 e. The van der Waals surface area contributed by atoms with Crippen molar-refractivity contribution in [3.63, 3.8) is 0 Å². The van der Waals surface area contributed by atoms with Gasteiger partial charge in [0.15, 0.2) is 0 Å². The van der Waals surface area contributed by atoms with E-state index in [9.17, 15) is 9.59 Å². The fourth-order valence-corrected chi connectivity index (χ4v) is 3.64. The van der Waals surface area contributed by atoms with Crippen molar-refractivity contribution in [2.24, 2.45) is 0 Å². The highest BCUT2D eigenvalue weighted by molar-refractivity contribution is 5.92. The lowest BCUT2D eigenvalue weighted by atomic mass is 9.82. The van der Waals surface area contributed by atoms with Gasteiger partial charge in [0.05, 0.1) is 0 Å². The first-order valence-electron chi connectivity index (χ1n) is 10.7. The van der Waals surface area contributed by atoms with Gasteiger partial charge in [-0.25, -0.2) is 0 Å². The van der Waals surface area contributed by atoms with Crippen LogP contribution in [0.2, 0.25) is 0 Å². The van der Waals surface area contributed by atoms with Crippen molar-refractivity contribution in [2.75, 3.05) is 7.05 Å². The molecule has 0 spiro atoms. The van der Waals surface area contributed by atoms with Gasteiger partial charge >= 0.3 is 0 Å². The predicted octanol–water partition coefficient (Wildman–Crippen LogP) is 5.19. The Hall–Kier alpha value is -3.47. The van der Waals surface area contributed by atoms with Crippen LogP contribution in [0.4, 0.5) is 0 Å². The Labute approximate surface area is 189 Å². The molecule has 0 aliphatic heterocycles. The fraction of sp³-hybridized carbons (Fsp3) is 0.296. The van der Waals surface area contributed by atoms with Crippen molar-refractivity contribution in [2.45, 2.75) is 46.0 Å². The first-order chi connectivity index (χ1) is 15.2. The monoisotopic (exact) mass is 430 g/mol. The number of carbonyl (C=O) groups is 2. The van der Waals surface area contributed by atoms with E-state index in [1.54, 1.807) is 19.2 Å². The number of ketones is 1. The number of pyridine rings is 1. The van der Waals surface area contributed by atoms with Crippen molar-refractivity contribution in [1.29, 1.82) is 0 Å². The second-order valence-corrected chi connectivity index (χ2v) is 8.99. The molecule has 0 bridgehead atoms. The van der Waals surface area contributed by atoms with Gasteiger partial charge in [-0.1, -0.05) is 51.1 Å². The van der Waals surface area contributed by atoms with Crippen molar-refractivity contribution < 1.29 is 14.3 Å². The van der Waals surface area contributed by atoms with Crippen LogP contribution in [0.15, 0.2) is 60.8 Å². The van der Waals surface area contributed by atoms with E-state index in [4.69, 9.17) is 4.74 Å². The number of aryl methyl sites for hydroxylation is 1. The summed E-state index contributed by atoms with van der Waals surface area (Å²) in [4.78, 5) is 28.4. The Morgan fingerprint density at radius 3 is 2.22 bits per heavy atom. The Balaban J connectivity index is 1.62. The quantitative estimate of drug-likeness (QED) is 0.560. The van der Waals surface area contributed by atoms with Gasteiger partial charge in [-0.15, -0.1) is 0 Å². The van der Waals surface area contributed by atoms with E-state index in [1.165, 1.54) is 17.3 Å². The summed E-state index contributed by atoms with van der Waals surface area (Å²) in [7, 11) is 1.56. The summed E-state index contributed by atoms with van der Waals surface area (Å²) in [6.45, 7) is 8.68. The summed E-state index contributed by atoms with van der Waals surface area (Å²) in [5, 5.41) is 2.54. The molecule has 0 atom stereocenters. The lowest BCUT2D eigenvalue weighted by Gasteiger charge is -2.22. The molecule has 0 saturated heterocycles. The van der Waals surface area contributed by atoms with Crippen LogP contribution in [-0.2, 0) is 23.1 Å². The molecule has 0 radical (unpaired) electrons. The Bertz CT molecular complexity index is 1110. The number of amides is 1. The lowest BCUT2D eigenvalue weighted by molar-refractivity contribution is -0.117. The third kappa shape index (κ3) is 6.03.